The Morgan fingerprint density at radius 1 is 1.50 bits per heavy atom. The summed E-state index contributed by atoms with van der Waals surface area (Å²) < 4.78 is 4.84. The molecule has 0 fully saturated rings. The molecular weight excluding hydrogens is 104 g/mol. The van der Waals surface area contributed by atoms with Crippen molar-refractivity contribution in [1.29, 1.82) is 0 Å². The van der Waals surface area contributed by atoms with E-state index in [2.05, 4.69) is 0 Å². The summed E-state index contributed by atoms with van der Waals surface area (Å²) in [5, 5.41) is 8.47. The van der Waals surface area contributed by atoms with Crippen LogP contribution in [0.1, 0.15) is 21.3 Å². The van der Waals surface area contributed by atoms with Gasteiger partial charge in [-0.3, -0.25) is 0 Å². The largest absolute Gasteiger partial charge is 0.393 e. The van der Waals surface area contributed by atoms with Crippen molar-refractivity contribution in [3.8, 4) is 0 Å². The van der Waals surface area contributed by atoms with Gasteiger partial charge in [-0.25, -0.2) is 0 Å². The Bertz CT molecular complexity index is 44.5. The molecule has 1 N–H and O–H groups in total. The van der Waals surface area contributed by atoms with Crippen molar-refractivity contribution in [3.05, 3.63) is 0 Å². The fourth-order valence-electron chi connectivity index (χ4n) is 0.0645. The summed E-state index contributed by atoms with van der Waals surface area (Å²) in [7, 11) is 1.58. The number of methoxy groups -OCH3 is 1. The molecular formula is C6H16O2. The third-order valence-corrected chi connectivity index (χ3v) is 0.933. The highest BCUT2D eigenvalue weighted by Gasteiger charge is 2.12. The predicted octanol–water partition coefficient (Wildman–Crippen LogP) is 1.04. The van der Waals surface area contributed by atoms with Crippen molar-refractivity contribution in [3.63, 3.8) is 0 Å². The summed E-state index contributed by atoms with van der Waals surface area (Å²) in [6.45, 7) is 3.73. The number of aliphatic hydroxyl groups excluding tert-OH is 1. The monoisotopic (exact) mass is 120 g/mol. The van der Waals surface area contributed by atoms with Crippen molar-refractivity contribution in [2.24, 2.45) is 0 Å². The van der Waals surface area contributed by atoms with Gasteiger partial charge < -0.3 is 9.84 Å². The highest BCUT2D eigenvalue weighted by Crippen LogP contribution is 2.03. The maximum absolute atomic E-state index is 8.47. The van der Waals surface area contributed by atoms with Crippen molar-refractivity contribution in [1.82, 2.24) is 0 Å². The van der Waals surface area contributed by atoms with Crippen LogP contribution >= 0.6 is 0 Å². The Morgan fingerprint density at radius 2 is 1.88 bits per heavy atom. The molecule has 2 heteroatoms. The lowest BCUT2D eigenvalue weighted by atomic mass is 10.2. The van der Waals surface area contributed by atoms with E-state index in [0.717, 1.165) is 0 Å². The Labute approximate surface area is 51.5 Å². The van der Waals surface area contributed by atoms with Gasteiger partial charge >= 0.3 is 0 Å². The first-order valence-electron chi connectivity index (χ1n) is 2.28. The summed E-state index contributed by atoms with van der Waals surface area (Å²) in [6.07, 6.45) is 0. The zero-order valence-corrected chi connectivity index (χ0v) is 5.06. The SMILES string of the molecule is C.COC(C)(C)CO. The number of ether oxygens (including phenoxy) is 1. The molecule has 52 valence electrons. The van der Waals surface area contributed by atoms with Crippen LogP contribution in [0, 0.1) is 0 Å². The number of aliphatic hydroxyl groups is 1. The molecule has 0 aliphatic carbocycles. The van der Waals surface area contributed by atoms with Crippen LogP contribution in [-0.2, 0) is 4.74 Å². The van der Waals surface area contributed by atoms with E-state index >= 15 is 0 Å². The van der Waals surface area contributed by atoms with Crippen molar-refractivity contribution in [2.45, 2.75) is 26.9 Å². The second-order valence-electron chi connectivity index (χ2n) is 2.12. The lowest BCUT2D eigenvalue weighted by molar-refractivity contribution is -0.0226. The smallest absolute Gasteiger partial charge is 0.0852 e. The molecule has 0 rings (SSSR count). The first-order valence-corrected chi connectivity index (χ1v) is 2.28. The van der Waals surface area contributed by atoms with E-state index in [-0.39, 0.29) is 19.6 Å². The van der Waals surface area contributed by atoms with Gasteiger partial charge in [-0.1, -0.05) is 7.43 Å². The lowest BCUT2D eigenvalue weighted by Gasteiger charge is -2.18. The summed E-state index contributed by atoms with van der Waals surface area (Å²) in [5.74, 6) is 0. The molecule has 8 heavy (non-hydrogen) atoms. The van der Waals surface area contributed by atoms with E-state index in [0.29, 0.717) is 0 Å². The molecule has 0 aromatic rings. The van der Waals surface area contributed by atoms with Crippen LogP contribution in [-0.4, -0.2) is 24.4 Å². The maximum Gasteiger partial charge on any atom is 0.0852 e. The minimum Gasteiger partial charge on any atom is -0.393 e. The highest BCUT2D eigenvalue weighted by molar-refractivity contribution is 4.63. The average Bonchev–Trinajstić information content (AvgIpc) is 1.68. The molecule has 0 heterocycles. The Kier molecular flexibility index (Phi) is 5.23. The van der Waals surface area contributed by atoms with Gasteiger partial charge in [0.1, 0.15) is 0 Å². The highest BCUT2D eigenvalue weighted by atomic mass is 16.5. The van der Waals surface area contributed by atoms with Crippen LogP contribution in [0.25, 0.3) is 0 Å². The van der Waals surface area contributed by atoms with Crippen molar-refractivity contribution < 1.29 is 9.84 Å². The molecule has 0 aliphatic heterocycles. The Morgan fingerprint density at radius 3 is 1.88 bits per heavy atom. The van der Waals surface area contributed by atoms with Crippen LogP contribution in [0.3, 0.4) is 0 Å². The van der Waals surface area contributed by atoms with E-state index in [1.807, 2.05) is 13.8 Å². The zero-order chi connectivity index (χ0) is 5.91. The Hall–Kier alpha value is -0.0800. The van der Waals surface area contributed by atoms with Crippen LogP contribution in [0.4, 0.5) is 0 Å². The van der Waals surface area contributed by atoms with E-state index in [1.165, 1.54) is 0 Å². The number of rotatable bonds is 2. The van der Waals surface area contributed by atoms with Crippen LogP contribution in [0.15, 0.2) is 0 Å². The fraction of sp³-hybridized carbons (Fsp3) is 1.00. The van der Waals surface area contributed by atoms with Gasteiger partial charge in [0.05, 0.1) is 12.2 Å². The first-order chi connectivity index (χ1) is 3.12. The lowest BCUT2D eigenvalue weighted by Crippen LogP contribution is -2.26. The van der Waals surface area contributed by atoms with Crippen molar-refractivity contribution in [2.75, 3.05) is 13.7 Å². The second-order valence-corrected chi connectivity index (χ2v) is 2.12. The number of hydrogen-bond donors (Lipinski definition) is 1. The molecule has 0 amide bonds. The standard InChI is InChI=1S/C5H12O2.CH4/c1-5(2,4-6)7-3;/h6H,4H2,1-3H3;1H4. The molecule has 0 spiro atoms. The summed E-state index contributed by atoms with van der Waals surface area (Å²) in [6, 6.07) is 0. The molecule has 0 aromatic carbocycles. The second kappa shape index (κ2) is 3.87. The van der Waals surface area contributed by atoms with Gasteiger partial charge in [-0.15, -0.1) is 0 Å². The molecule has 0 saturated heterocycles. The molecule has 0 bridgehead atoms. The third-order valence-electron chi connectivity index (χ3n) is 0.933. The summed E-state index contributed by atoms with van der Waals surface area (Å²) in [5.41, 5.74) is -0.361. The van der Waals surface area contributed by atoms with Gasteiger partial charge in [-0.2, -0.15) is 0 Å². The minimum atomic E-state index is -0.361. The van der Waals surface area contributed by atoms with Crippen LogP contribution in [0.5, 0.6) is 0 Å². The molecule has 0 atom stereocenters. The molecule has 0 radical (unpaired) electrons. The van der Waals surface area contributed by atoms with Crippen molar-refractivity contribution >= 4 is 0 Å². The quantitative estimate of drug-likeness (QED) is 0.590. The van der Waals surface area contributed by atoms with E-state index in [9.17, 15) is 0 Å². The van der Waals surface area contributed by atoms with Gasteiger partial charge in [0.15, 0.2) is 0 Å². The normalized spacial score (nSPS) is 10.5. The van der Waals surface area contributed by atoms with E-state index in [1.54, 1.807) is 7.11 Å². The molecule has 0 saturated carbocycles. The molecule has 0 aromatic heterocycles. The van der Waals surface area contributed by atoms with Crippen LogP contribution < -0.4 is 0 Å². The first kappa shape index (κ1) is 10.8. The Balaban J connectivity index is 0. The minimum absolute atomic E-state index is 0. The molecule has 2 nitrogen and oxygen atoms in total. The van der Waals surface area contributed by atoms with E-state index in [4.69, 9.17) is 9.84 Å². The molecule has 0 unspecified atom stereocenters. The van der Waals surface area contributed by atoms with Gasteiger partial charge in [0.2, 0.25) is 0 Å². The molecule has 0 aliphatic rings. The third kappa shape index (κ3) is 4.09. The van der Waals surface area contributed by atoms with Gasteiger partial charge in [0.25, 0.3) is 0 Å². The topological polar surface area (TPSA) is 29.5 Å². The fourth-order valence-corrected chi connectivity index (χ4v) is 0.0645. The summed E-state index contributed by atoms with van der Waals surface area (Å²) >= 11 is 0. The van der Waals surface area contributed by atoms with Crippen LogP contribution in [0.2, 0.25) is 0 Å². The zero-order valence-electron chi connectivity index (χ0n) is 5.06. The van der Waals surface area contributed by atoms with Gasteiger partial charge in [0, 0.05) is 7.11 Å². The summed E-state index contributed by atoms with van der Waals surface area (Å²) in [4.78, 5) is 0. The van der Waals surface area contributed by atoms with E-state index < -0.39 is 0 Å². The predicted molar refractivity (Wildman–Crippen MR) is 34.9 cm³/mol. The maximum atomic E-state index is 8.47. The number of hydrogen-bond acceptors (Lipinski definition) is 2. The van der Waals surface area contributed by atoms with Gasteiger partial charge in [-0.05, 0) is 13.8 Å². The average molecular weight is 120 g/mol.